The second-order valence-corrected chi connectivity index (χ2v) is 6.06. The van der Waals surface area contributed by atoms with Crippen LogP contribution in [-0.4, -0.2) is 31.1 Å². The van der Waals surface area contributed by atoms with Gasteiger partial charge in [-0.15, -0.1) is 0 Å². The monoisotopic (exact) mass is 239 g/mol. The summed E-state index contributed by atoms with van der Waals surface area (Å²) in [5.41, 5.74) is 0. The van der Waals surface area contributed by atoms with Gasteiger partial charge in [0.1, 0.15) is 5.78 Å². The lowest BCUT2D eigenvalue weighted by Crippen LogP contribution is -2.54. The lowest BCUT2D eigenvalue weighted by Gasteiger charge is -2.39. The number of ether oxygens (including phenoxy) is 1. The van der Waals surface area contributed by atoms with Crippen molar-refractivity contribution in [3.8, 4) is 0 Å². The van der Waals surface area contributed by atoms with E-state index in [2.05, 4.69) is 26.1 Å². The van der Waals surface area contributed by atoms with E-state index in [1.54, 1.807) is 0 Å². The highest BCUT2D eigenvalue weighted by Gasteiger charge is 2.37. The molecular weight excluding hydrogens is 214 g/mol. The molecule has 4 unspecified atom stereocenters. The van der Waals surface area contributed by atoms with Crippen molar-refractivity contribution in [3.63, 3.8) is 0 Å². The maximum absolute atomic E-state index is 12.1. The van der Waals surface area contributed by atoms with Crippen molar-refractivity contribution < 1.29 is 9.53 Å². The Kier molecular flexibility index (Phi) is 4.21. The first-order valence-electron chi connectivity index (χ1n) is 6.94. The molecule has 0 aromatic heterocycles. The third-order valence-corrected chi connectivity index (χ3v) is 4.32. The van der Waals surface area contributed by atoms with Gasteiger partial charge in [-0.1, -0.05) is 13.8 Å². The second-order valence-electron chi connectivity index (χ2n) is 6.06. The summed E-state index contributed by atoms with van der Waals surface area (Å²) in [6.07, 6.45) is 2.89. The maximum Gasteiger partial charge on any atom is 0.137 e. The molecule has 0 aromatic rings. The highest BCUT2D eigenvalue weighted by atomic mass is 16.5. The van der Waals surface area contributed by atoms with E-state index in [4.69, 9.17) is 4.74 Å². The van der Waals surface area contributed by atoms with E-state index in [0.717, 1.165) is 25.9 Å². The van der Waals surface area contributed by atoms with Gasteiger partial charge in [0.25, 0.3) is 0 Å². The van der Waals surface area contributed by atoms with Crippen molar-refractivity contribution in [1.29, 1.82) is 0 Å². The fourth-order valence-corrected chi connectivity index (χ4v) is 3.15. The van der Waals surface area contributed by atoms with Crippen LogP contribution in [0.5, 0.6) is 0 Å². The number of nitrogens with one attached hydrogen (secondary N) is 1. The number of hydrogen-bond donors (Lipinski definition) is 1. The third-order valence-electron chi connectivity index (χ3n) is 4.32. The van der Waals surface area contributed by atoms with E-state index in [1.165, 1.54) is 0 Å². The summed E-state index contributed by atoms with van der Waals surface area (Å²) in [7, 11) is 0. The van der Waals surface area contributed by atoms with Crippen LogP contribution in [0.25, 0.3) is 0 Å². The molecule has 2 fully saturated rings. The SMILES string of the molecule is CC1COCC(C2CC(C(C)C)CCC2=O)N1. The second kappa shape index (κ2) is 5.49. The van der Waals surface area contributed by atoms with Crippen LogP contribution in [0.15, 0.2) is 0 Å². The standard InChI is InChI=1S/C14H25NO2/c1-9(2)11-4-5-14(16)12(6-11)13-8-17-7-10(3)15-13/h9-13,15H,4-8H2,1-3H3. The van der Waals surface area contributed by atoms with E-state index in [9.17, 15) is 4.79 Å². The van der Waals surface area contributed by atoms with Crippen molar-refractivity contribution in [3.05, 3.63) is 0 Å². The number of rotatable bonds is 2. The minimum atomic E-state index is 0.180. The maximum atomic E-state index is 12.1. The molecular formula is C14H25NO2. The third kappa shape index (κ3) is 3.08. The van der Waals surface area contributed by atoms with Gasteiger partial charge in [0.2, 0.25) is 0 Å². The summed E-state index contributed by atoms with van der Waals surface area (Å²) >= 11 is 0. The predicted octanol–water partition coefficient (Wildman–Crippen LogP) is 2.00. The Labute approximate surface area is 104 Å². The lowest BCUT2D eigenvalue weighted by atomic mass is 9.73. The summed E-state index contributed by atoms with van der Waals surface area (Å²) in [6.45, 7) is 8.13. The summed E-state index contributed by atoms with van der Waals surface area (Å²) in [5, 5.41) is 3.53. The molecule has 3 heteroatoms. The van der Waals surface area contributed by atoms with Gasteiger partial charge in [-0.3, -0.25) is 4.79 Å². The van der Waals surface area contributed by atoms with Gasteiger partial charge < -0.3 is 10.1 Å². The number of carbonyl (C=O) groups excluding carboxylic acids is 1. The van der Waals surface area contributed by atoms with Crippen LogP contribution in [0.1, 0.15) is 40.0 Å². The molecule has 0 aromatic carbocycles. The van der Waals surface area contributed by atoms with Crippen molar-refractivity contribution in [2.24, 2.45) is 17.8 Å². The molecule has 1 aliphatic heterocycles. The molecule has 2 aliphatic rings. The Bertz CT molecular complexity index is 277. The first-order chi connectivity index (χ1) is 8.08. The van der Waals surface area contributed by atoms with Crippen LogP contribution in [0.2, 0.25) is 0 Å². The fraction of sp³-hybridized carbons (Fsp3) is 0.929. The van der Waals surface area contributed by atoms with Crippen LogP contribution in [0, 0.1) is 17.8 Å². The highest BCUT2D eigenvalue weighted by molar-refractivity contribution is 5.82. The number of carbonyl (C=O) groups is 1. The minimum Gasteiger partial charge on any atom is -0.378 e. The first-order valence-corrected chi connectivity index (χ1v) is 6.94. The molecule has 1 heterocycles. The van der Waals surface area contributed by atoms with Crippen LogP contribution >= 0.6 is 0 Å². The summed E-state index contributed by atoms with van der Waals surface area (Å²) < 4.78 is 5.58. The molecule has 0 spiro atoms. The van der Waals surface area contributed by atoms with E-state index >= 15 is 0 Å². The number of morpholine rings is 1. The molecule has 0 amide bonds. The van der Waals surface area contributed by atoms with Crippen molar-refractivity contribution >= 4 is 5.78 Å². The van der Waals surface area contributed by atoms with Crippen molar-refractivity contribution in [2.45, 2.75) is 52.1 Å². The summed E-state index contributed by atoms with van der Waals surface area (Å²) in [5.74, 6) is 2.01. The normalized spacial score (nSPS) is 39.6. The van der Waals surface area contributed by atoms with Gasteiger partial charge in [0, 0.05) is 24.4 Å². The molecule has 3 nitrogen and oxygen atoms in total. The van der Waals surface area contributed by atoms with Crippen molar-refractivity contribution in [1.82, 2.24) is 5.32 Å². The molecule has 2 rings (SSSR count). The smallest absolute Gasteiger partial charge is 0.137 e. The highest BCUT2D eigenvalue weighted by Crippen LogP contribution is 2.33. The molecule has 0 radical (unpaired) electrons. The molecule has 1 saturated carbocycles. The number of hydrogen-bond acceptors (Lipinski definition) is 3. The van der Waals surface area contributed by atoms with Gasteiger partial charge in [-0.05, 0) is 31.6 Å². The number of ketones is 1. The van der Waals surface area contributed by atoms with E-state index in [-0.39, 0.29) is 12.0 Å². The average molecular weight is 239 g/mol. The zero-order valence-corrected chi connectivity index (χ0v) is 11.2. The van der Waals surface area contributed by atoms with Crippen molar-refractivity contribution in [2.75, 3.05) is 13.2 Å². The quantitative estimate of drug-likeness (QED) is 0.801. The Morgan fingerprint density at radius 3 is 2.76 bits per heavy atom. The molecule has 0 bridgehead atoms. The average Bonchev–Trinajstić information content (AvgIpc) is 2.29. The largest absolute Gasteiger partial charge is 0.378 e. The molecule has 17 heavy (non-hydrogen) atoms. The van der Waals surface area contributed by atoms with E-state index in [0.29, 0.717) is 30.3 Å². The minimum absolute atomic E-state index is 0.180. The molecule has 98 valence electrons. The van der Waals surface area contributed by atoms with E-state index < -0.39 is 0 Å². The zero-order valence-electron chi connectivity index (χ0n) is 11.2. The van der Waals surface area contributed by atoms with Gasteiger partial charge in [-0.2, -0.15) is 0 Å². The van der Waals surface area contributed by atoms with Gasteiger partial charge in [0.05, 0.1) is 13.2 Å². The fourth-order valence-electron chi connectivity index (χ4n) is 3.15. The van der Waals surface area contributed by atoms with Crippen LogP contribution in [0.4, 0.5) is 0 Å². The van der Waals surface area contributed by atoms with E-state index in [1.807, 2.05) is 0 Å². The molecule has 4 atom stereocenters. The molecule has 1 N–H and O–H groups in total. The topological polar surface area (TPSA) is 38.3 Å². The molecule has 1 saturated heterocycles. The summed E-state index contributed by atoms with van der Waals surface area (Å²) in [4.78, 5) is 12.1. The zero-order chi connectivity index (χ0) is 12.4. The van der Waals surface area contributed by atoms with Crippen LogP contribution in [-0.2, 0) is 9.53 Å². The van der Waals surface area contributed by atoms with Gasteiger partial charge in [0.15, 0.2) is 0 Å². The molecule has 1 aliphatic carbocycles. The van der Waals surface area contributed by atoms with Gasteiger partial charge in [-0.25, -0.2) is 0 Å². The summed E-state index contributed by atoms with van der Waals surface area (Å²) in [6, 6.07) is 0.619. The Hall–Kier alpha value is -0.410. The van der Waals surface area contributed by atoms with Crippen LogP contribution in [0.3, 0.4) is 0 Å². The first kappa shape index (κ1) is 13.0. The predicted molar refractivity (Wildman–Crippen MR) is 67.9 cm³/mol. The Morgan fingerprint density at radius 2 is 2.12 bits per heavy atom. The van der Waals surface area contributed by atoms with Crippen LogP contribution < -0.4 is 5.32 Å². The van der Waals surface area contributed by atoms with Gasteiger partial charge >= 0.3 is 0 Å². The lowest BCUT2D eigenvalue weighted by molar-refractivity contribution is -0.129. The Balaban J connectivity index is 1.99. The number of Topliss-reactive ketones (excluding diaryl/α,β-unsaturated/α-hetero) is 1. The Morgan fingerprint density at radius 1 is 1.35 bits per heavy atom.